The van der Waals surface area contributed by atoms with Gasteiger partial charge in [-0.15, -0.1) is 0 Å². The highest BCUT2D eigenvalue weighted by molar-refractivity contribution is 5.87. The molecule has 0 saturated carbocycles. The number of hydrogen-bond donors (Lipinski definition) is 2. The van der Waals surface area contributed by atoms with Crippen LogP contribution in [0.15, 0.2) is 67.0 Å². The summed E-state index contributed by atoms with van der Waals surface area (Å²) in [5.41, 5.74) is 10.3. The highest BCUT2D eigenvalue weighted by Crippen LogP contribution is 2.33. The van der Waals surface area contributed by atoms with Gasteiger partial charge in [-0.3, -0.25) is 14.6 Å². The maximum Gasteiger partial charge on any atom is 0.257 e. The highest BCUT2D eigenvalue weighted by atomic mass is 16.5. The Hall–Kier alpha value is -4.37. The molecule has 0 fully saturated rings. The smallest absolute Gasteiger partial charge is 0.257 e. The maximum atomic E-state index is 10.2. The Kier molecular flexibility index (Phi) is 6.07. The predicted molar refractivity (Wildman–Crippen MR) is 138 cm³/mol. The van der Waals surface area contributed by atoms with E-state index < -0.39 is 5.60 Å². The van der Waals surface area contributed by atoms with Crippen LogP contribution in [0.5, 0.6) is 5.88 Å². The fraction of sp³-hybridized carbons (Fsp3) is 0.222. The third-order valence-electron chi connectivity index (χ3n) is 5.75. The van der Waals surface area contributed by atoms with E-state index in [4.69, 9.17) is 15.5 Å². The molecule has 0 saturated heterocycles. The van der Waals surface area contributed by atoms with Crippen LogP contribution in [-0.2, 0) is 19.1 Å². The zero-order valence-electron chi connectivity index (χ0n) is 20.4. The van der Waals surface area contributed by atoms with E-state index in [-0.39, 0.29) is 11.7 Å². The van der Waals surface area contributed by atoms with Gasteiger partial charge in [0.25, 0.3) is 5.88 Å². The molecule has 4 aromatic heterocycles. The van der Waals surface area contributed by atoms with Crippen molar-refractivity contribution < 1.29 is 9.84 Å². The van der Waals surface area contributed by atoms with Gasteiger partial charge in [-0.25, -0.2) is 9.97 Å². The molecule has 0 aliphatic carbocycles. The molecule has 0 atom stereocenters. The number of ether oxygens (including phenoxy) is 1. The van der Waals surface area contributed by atoms with Crippen molar-refractivity contribution in [3.63, 3.8) is 0 Å². The van der Waals surface area contributed by atoms with E-state index in [1.54, 1.807) is 30.8 Å². The topological polar surface area (TPSA) is 125 Å². The Morgan fingerprint density at radius 1 is 1.00 bits per heavy atom. The number of nitrogen functional groups attached to an aromatic ring is 1. The van der Waals surface area contributed by atoms with Gasteiger partial charge in [0.05, 0.1) is 17.8 Å². The summed E-state index contributed by atoms with van der Waals surface area (Å²) in [5.74, 6) is 0.426. The van der Waals surface area contributed by atoms with Crippen molar-refractivity contribution in [2.45, 2.75) is 25.9 Å². The second-order valence-electron chi connectivity index (χ2n) is 9.07. The molecule has 0 aliphatic heterocycles. The zero-order chi connectivity index (χ0) is 25.3. The van der Waals surface area contributed by atoms with Crippen molar-refractivity contribution in [2.75, 3.05) is 12.3 Å². The van der Waals surface area contributed by atoms with E-state index in [1.807, 2.05) is 61.8 Å². The number of nitrogens with zero attached hydrogens (tertiary/aromatic N) is 6. The van der Waals surface area contributed by atoms with E-state index in [0.29, 0.717) is 35.8 Å². The van der Waals surface area contributed by atoms with Crippen LogP contribution in [0.1, 0.15) is 25.2 Å². The lowest BCUT2D eigenvalue weighted by molar-refractivity contribution is 0.0736. The molecule has 0 bridgehead atoms. The van der Waals surface area contributed by atoms with Crippen LogP contribution in [-0.4, -0.2) is 41.4 Å². The number of anilines is 1. The molecule has 5 rings (SSSR count). The van der Waals surface area contributed by atoms with E-state index in [0.717, 1.165) is 22.2 Å². The summed E-state index contributed by atoms with van der Waals surface area (Å²) in [4.78, 5) is 18.4. The number of pyridine rings is 2. The third kappa shape index (κ3) is 4.87. The third-order valence-corrected chi connectivity index (χ3v) is 5.75. The molecular weight excluding hydrogens is 454 g/mol. The summed E-state index contributed by atoms with van der Waals surface area (Å²) in [6.07, 6.45) is 4.13. The fourth-order valence-corrected chi connectivity index (χ4v) is 3.90. The van der Waals surface area contributed by atoms with Crippen molar-refractivity contribution in [2.24, 2.45) is 7.05 Å². The van der Waals surface area contributed by atoms with Gasteiger partial charge in [0.1, 0.15) is 22.7 Å². The first-order valence-corrected chi connectivity index (χ1v) is 11.6. The molecule has 0 aliphatic rings. The summed E-state index contributed by atoms with van der Waals surface area (Å²) in [5, 5.41) is 15.7. The van der Waals surface area contributed by atoms with Crippen LogP contribution in [0, 0.1) is 0 Å². The van der Waals surface area contributed by atoms with Gasteiger partial charge in [0, 0.05) is 42.5 Å². The van der Waals surface area contributed by atoms with Crippen molar-refractivity contribution in [1.29, 1.82) is 0 Å². The number of aromatic nitrogens is 6. The van der Waals surface area contributed by atoms with Crippen molar-refractivity contribution >= 4 is 16.7 Å². The molecule has 0 radical (unpaired) electrons. The number of aliphatic hydroxyl groups is 1. The number of nitrogens with two attached hydrogens (primary N) is 1. The first kappa shape index (κ1) is 23.4. The maximum absolute atomic E-state index is 10.2. The minimum atomic E-state index is -1.02. The lowest BCUT2D eigenvalue weighted by Crippen LogP contribution is -2.18. The average Bonchev–Trinajstić information content (AvgIpc) is 3.30. The molecule has 36 heavy (non-hydrogen) atoms. The summed E-state index contributed by atoms with van der Waals surface area (Å²) < 4.78 is 7.68. The van der Waals surface area contributed by atoms with Gasteiger partial charge in [-0.1, -0.05) is 18.2 Å². The Bertz CT molecular complexity index is 1540. The van der Waals surface area contributed by atoms with Gasteiger partial charge in [0.2, 0.25) is 0 Å². The highest BCUT2D eigenvalue weighted by Gasteiger charge is 2.20. The summed E-state index contributed by atoms with van der Waals surface area (Å²) >= 11 is 0. The van der Waals surface area contributed by atoms with Crippen LogP contribution >= 0.6 is 0 Å². The van der Waals surface area contributed by atoms with Crippen molar-refractivity contribution in [3.05, 3.63) is 78.4 Å². The minimum Gasteiger partial charge on any atom is -0.475 e. The van der Waals surface area contributed by atoms with Gasteiger partial charge in [-0.2, -0.15) is 5.10 Å². The molecule has 1 aromatic carbocycles. The first-order chi connectivity index (χ1) is 17.3. The SMILES string of the molecule is Cn1ccc(-c2nc(N)c(OCCc3cccc(C(C)(C)O)n3)nc2-c2ccc3ncccc3c2)n1. The number of fused-ring (bicyclic) bond motifs is 1. The summed E-state index contributed by atoms with van der Waals surface area (Å²) in [7, 11) is 1.85. The Morgan fingerprint density at radius 2 is 1.86 bits per heavy atom. The molecule has 182 valence electrons. The average molecular weight is 482 g/mol. The summed E-state index contributed by atoms with van der Waals surface area (Å²) in [6.45, 7) is 3.71. The predicted octanol–water partition coefficient (Wildman–Crippen LogP) is 3.92. The first-order valence-electron chi connectivity index (χ1n) is 11.6. The monoisotopic (exact) mass is 481 g/mol. The van der Waals surface area contributed by atoms with Gasteiger partial charge in [0.15, 0.2) is 5.82 Å². The molecule has 0 unspecified atom stereocenters. The second kappa shape index (κ2) is 9.35. The molecule has 0 spiro atoms. The van der Waals surface area contributed by atoms with Crippen molar-refractivity contribution in [1.82, 2.24) is 29.7 Å². The molecular formula is C27H27N7O2. The van der Waals surface area contributed by atoms with Gasteiger partial charge >= 0.3 is 0 Å². The lowest BCUT2D eigenvalue weighted by Gasteiger charge is -2.17. The Morgan fingerprint density at radius 3 is 2.64 bits per heavy atom. The van der Waals surface area contributed by atoms with Crippen LogP contribution in [0.4, 0.5) is 5.82 Å². The Labute approximate surface area is 208 Å². The number of hydrogen-bond acceptors (Lipinski definition) is 8. The largest absolute Gasteiger partial charge is 0.475 e. The molecule has 3 N–H and O–H groups in total. The van der Waals surface area contributed by atoms with Crippen LogP contribution in [0.2, 0.25) is 0 Å². The number of rotatable bonds is 7. The second-order valence-corrected chi connectivity index (χ2v) is 9.07. The Balaban J connectivity index is 1.47. The van der Waals surface area contributed by atoms with Gasteiger partial charge in [-0.05, 0) is 50.2 Å². The standard InChI is InChI=1S/C27H27N7O2/c1-27(2,35)22-8-4-7-19(30-22)12-15-36-26-25(28)31-24(21-11-14-34(3)33-21)23(32-26)18-9-10-20-17(16-18)6-5-13-29-20/h4-11,13-14,16,35H,12,15H2,1-3H3,(H2,28,31). The fourth-order valence-electron chi connectivity index (χ4n) is 3.90. The van der Waals surface area contributed by atoms with E-state index in [1.165, 1.54) is 0 Å². The number of aryl methyl sites for hydroxylation is 1. The molecule has 9 nitrogen and oxygen atoms in total. The van der Waals surface area contributed by atoms with Crippen LogP contribution in [0.3, 0.4) is 0 Å². The molecule has 4 heterocycles. The van der Waals surface area contributed by atoms with Crippen LogP contribution < -0.4 is 10.5 Å². The number of benzene rings is 1. The normalized spacial score (nSPS) is 11.7. The quantitative estimate of drug-likeness (QED) is 0.358. The minimum absolute atomic E-state index is 0.181. The van der Waals surface area contributed by atoms with E-state index >= 15 is 0 Å². The zero-order valence-corrected chi connectivity index (χ0v) is 20.4. The van der Waals surface area contributed by atoms with E-state index in [2.05, 4.69) is 20.1 Å². The van der Waals surface area contributed by atoms with Crippen LogP contribution in [0.25, 0.3) is 33.5 Å². The lowest BCUT2D eigenvalue weighted by atomic mass is 10.0. The van der Waals surface area contributed by atoms with E-state index in [9.17, 15) is 5.11 Å². The molecule has 9 heteroatoms. The van der Waals surface area contributed by atoms with Gasteiger partial charge < -0.3 is 15.6 Å². The molecule has 5 aromatic rings. The summed E-state index contributed by atoms with van der Waals surface area (Å²) in [6, 6.07) is 17.3. The molecule has 0 amide bonds. The van der Waals surface area contributed by atoms with Crippen molar-refractivity contribution in [3.8, 4) is 28.5 Å².